The van der Waals surface area contributed by atoms with Crippen molar-refractivity contribution in [1.82, 2.24) is 15.2 Å². The number of carbonyl (C=O) groups excluding carboxylic acids is 1. The molecule has 0 radical (unpaired) electrons. The molecular formula is C27H27FN6O2. The van der Waals surface area contributed by atoms with Crippen molar-refractivity contribution in [3.05, 3.63) is 71.2 Å². The molecule has 1 aromatic heterocycles. The Balaban J connectivity index is 1.53. The van der Waals surface area contributed by atoms with Gasteiger partial charge in [-0.25, -0.2) is 4.98 Å². The van der Waals surface area contributed by atoms with Gasteiger partial charge in [0.25, 0.3) is 5.91 Å². The lowest BCUT2D eigenvalue weighted by atomic mass is 9.74. The van der Waals surface area contributed by atoms with Crippen molar-refractivity contribution in [2.75, 3.05) is 32.5 Å². The summed E-state index contributed by atoms with van der Waals surface area (Å²) in [4.78, 5) is 17.6. The third-order valence-corrected chi connectivity index (χ3v) is 7.01. The van der Waals surface area contributed by atoms with Gasteiger partial charge in [-0.15, -0.1) is 0 Å². The first kappa shape index (κ1) is 23.6. The SMILES string of the molecule is CN(C=N)C(=N)CC1(c2cccc(-c3cc(-c4ccc5c(c4)CCNC5=O)c(N)nc3F)c2)COC1. The molecule has 0 spiro atoms. The summed E-state index contributed by atoms with van der Waals surface area (Å²) in [6.07, 6.45) is 2.22. The second-order valence-corrected chi connectivity index (χ2v) is 9.35. The molecule has 2 aromatic carbocycles. The number of amidine groups is 1. The average molecular weight is 487 g/mol. The molecule has 3 aromatic rings. The molecule has 184 valence electrons. The number of pyridine rings is 1. The number of halogens is 1. The highest BCUT2D eigenvalue weighted by molar-refractivity contribution is 5.97. The maximum atomic E-state index is 15.1. The first-order chi connectivity index (χ1) is 17.3. The first-order valence-electron chi connectivity index (χ1n) is 11.7. The van der Waals surface area contributed by atoms with Crippen LogP contribution in [0.5, 0.6) is 0 Å². The van der Waals surface area contributed by atoms with Gasteiger partial charge >= 0.3 is 0 Å². The quantitative estimate of drug-likeness (QED) is 0.240. The fourth-order valence-electron chi connectivity index (χ4n) is 4.79. The van der Waals surface area contributed by atoms with Gasteiger partial charge in [-0.05, 0) is 40.8 Å². The summed E-state index contributed by atoms with van der Waals surface area (Å²) in [5.74, 6) is -0.373. The van der Waals surface area contributed by atoms with Crippen LogP contribution in [-0.2, 0) is 16.6 Å². The number of nitrogens with two attached hydrogens (primary N) is 1. The van der Waals surface area contributed by atoms with Crippen molar-refractivity contribution in [2.45, 2.75) is 18.3 Å². The Morgan fingerprint density at radius 1 is 1.19 bits per heavy atom. The molecule has 8 nitrogen and oxygen atoms in total. The average Bonchev–Trinajstić information content (AvgIpc) is 2.85. The van der Waals surface area contributed by atoms with Crippen LogP contribution in [0.25, 0.3) is 22.3 Å². The highest BCUT2D eigenvalue weighted by Crippen LogP contribution is 2.39. The highest BCUT2D eigenvalue weighted by Gasteiger charge is 2.42. The van der Waals surface area contributed by atoms with E-state index in [1.807, 2.05) is 30.3 Å². The van der Waals surface area contributed by atoms with Crippen LogP contribution in [0.1, 0.15) is 27.9 Å². The molecule has 2 aliphatic rings. The fourth-order valence-corrected chi connectivity index (χ4v) is 4.79. The standard InChI is InChI=1S/C27H27FN6O2/c1-34(15-29)23(30)12-27(13-36-14-27)19-4-2-3-16(10-19)21-11-22(25(31)33-24(21)28)17-5-6-20-18(9-17)7-8-32-26(20)35/h2-6,9-11,15,29-30H,7-8,12-14H2,1H3,(H2,31,33)(H,32,35). The van der Waals surface area contributed by atoms with E-state index in [4.69, 9.17) is 21.3 Å². The Morgan fingerprint density at radius 2 is 1.97 bits per heavy atom. The van der Waals surface area contributed by atoms with Gasteiger partial charge in [-0.2, -0.15) is 4.39 Å². The third kappa shape index (κ3) is 4.11. The number of anilines is 1. The van der Waals surface area contributed by atoms with Crippen molar-refractivity contribution in [3.63, 3.8) is 0 Å². The van der Waals surface area contributed by atoms with E-state index in [9.17, 15) is 4.79 Å². The van der Waals surface area contributed by atoms with Gasteiger partial charge in [0.2, 0.25) is 5.95 Å². The van der Waals surface area contributed by atoms with Gasteiger partial charge in [0, 0.05) is 42.1 Å². The van der Waals surface area contributed by atoms with Crippen LogP contribution in [0.15, 0.2) is 48.5 Å². The zero-order valence-corrected chi connectivity index (χ0v) is 19.9. The van der Waals surface area contributed by atoms with E-state index >= 15 is 4.39 Å². The van der Waals surface area contributed by atoms with E-state index in [0.717, 1.165) is 23.0 Å². The van der Waals surface area contributed by atoms with Gasteiger partial charge in [-0.1, -0.05) is 36.4 Å². The monoisotopic (exact) mass is 486 g/mol. The summed E-state index contributed by atoms with van der Waals surface area (Å²) in [5.41, 5.74) is 10.6. The minimum Gasteiger partial charge on any atom is -0.383 e. The van der Waals surface area contributed by atoms with E-state index in [0.29, 0.717) is 60.7 Å². The van der Waals surface area contributed by atoms with Crippen molar-refractivity contribution >= 4 is 23.9 Å². The summed E-state index contributed by atoms with van der Waals surface area (Å²) >= 11 is 0. The maximum absolute atomic E-state index is 15.1. The molecule has 0 aliphatic carbocycles. The second-order valence-electron chi connectivity index (χ2n) is 9.35. The lowest BCUT2D eigenvalue weighted by Gasteiger charge is -2.43. The van der Waals surface area contributed by atoms with E-state index in [-0.39, 0.29) is 11.7 Å². The van der Waals surface area contributed by atoms with Crippen molar-refractivity contribution in [1.29, 1.82) is 10.8 Å². The number of nitrogen functional groups attached to an aromatic ring is 1. The number of nitrogens with one attached hydrogen (secondary N) is 3. The van der Waals surface area contributed by atoms with E-state index < -0.39 is 11.4 Å². The molecule has 1 fully saturated rings. The third-order valence-electron chi connectivity index (χ3n) is 7.01. The Morgan fingerprint density at radius 3 is 2.69 bits per heavy atom. The van der Waals surface area contributed by atoms with Crippen LogP contribution in [0, 0.1) is 16.8 Å². The maximum Gasteiger partial charge on any atom is 0.251 e. The normalized spacial score (nSPS) is 15.9. The predicted octanol–water partition coefficient (Wildman–Crippen LogP) is 3.60. The second kappa shape index (κ2) is 9.16. The van der Waals surface area contributed by atoms with Gasteiger partial charge in [0.1, 0.15) is 11.7 Å². The Bertz CT molecular complexity index is 1380. The largest absolute Gasteiger partial charge is 0.383 e. The number of amides is 1. The molecule has 1 amide bonds. The number of benzene rings is 2. The summed E-state index contributed by atoms with van der Waals surface area (Å²) in [6.45, 7) is 1.46. The number of nitrogens with zero attached hydrogens (tertiary/aromatic N) is 2. The molecule has 0 saturated carbocycles. The number of ether oxygens (including phenoxy) is 1. The van der Waals surface area contributed by atoms with E-state index in [1.54, 1.807) is 25.2 Å². The van der Waals surface area contributed by atoms with Crippen LogP contribution in [0.4, 0.5) is 10.2 Å². The molecular weight excluding hydrogens is 459 g/mol. The number of carbonyl (C=O) groups is 1. The van der Waals surface area contributed by atoms with Gasteiger partial charge < -0.3 is 20.7 Å². The molecule has 0 bridgehead atoms. The number of fused-ring (bicyclic) bond motifs is 1. The van der Waals surface area contributed by atoms with E-state index in [1.165, 1.54) is 4.90 Å². The van der Waals surface area contributed by atoms with Crippen molar-refractivity contribution in [3.8, 4) is 22.3 Å². The lowest BCUT2D eigenvalue weighted by molar-refractivity contribution is -0.0570. The predicted molar refractivity (Wildman–Crippen MR) is 137 cm³/mol. The number of hydrogen-bond donors (Lipinski definition) is 4. The van der Waals surface area contributed by atoms with Crippen molar-refractivity contribution in [2.24, 2.45) is 0 Å². The molecule has 36 heavy (non-hydrogen) atoms. The molecule has 2 aliphatic heterocycles. The van der Waals surface area contributed by atoms with Crippen LogP contribution in [0.3, 0.4) is 0 Å². The topological polar surface area (TPSA) is 128 Å². The van der Waals surface area contributed by atoms with Crippen LogP contribution in [-0.4, -0.2) is 54.8 Å². The Labute approximate surface area is 208 Å². The van der Waals surface area contributed by atoms with Crippen LogP contribution >= 0.6 is 0 Å². The smallest absolute Gasteiger partial charge is 0.251 e. The van der Waals surface area contributed by atoms with Gasteiger partial charge in [0.05, 0.1) is 19.6 Å². The number of rotatable bonds is 6. The number of aromatic nitrogens is 1. The molecule has 3 heterocycles. The first-order valence-corrected chi connectivity index (χ1v) is 11.7. The van der Waals surface area contributed by atoms with Crippen LogP contribution in [0.2, 0.25) is 0 Å². The highest BCUT2D eigenvalue weighted by atomic mass is 19.1. The van der Waals surface area contributed by atoms with Gasteiger partial charge in [-0.3, -0.25) is 15.6 Å². The molecule has 9 heteroatoms. The number of hydrogen-bond acceptors (Lipinski definition) is 6. The molecule has 5 rings (SSSR count). The zero-order chi connectivity index (χ0) is 25.4. The lowest BCUT2D eigenvalue weighted by Crippen LogP contribution is -2.49. The minimum absolute atomic E-state index is 0.0830. The van der Waals surface area contributed by atoms with E-state index in [2.05, 4.69) is 10.3 Å². The fraction of sp³-hybridized carbons (Fsp3) is 0.259. The Kier molecular flexibility index (Phi) is 6.01. The van der Waals surface area contributed by atoms with Gasteiger partial charge in [0.15, 0.2) is 0 Å². The zero-order valence-electron chi connectivity index (χ0n) is 19.9. The minimum atomic E-state index is -0.666. The summed E-state index contributed by atoms with van der Waals surface area (Å²) in [5, 5.41) is 18.6. The summed E-state index contributed by atoms with van der Waals surface area (Å²) < 4.78 is 20.6. The summed E-state index contributed by atoms with van der Waals surface area (Å²) in [6, 6.07) is 14.8. The summed E-state index contributed by atoms with van der Waals surface area (Å²) in [7, 11) is 1.67. The Hall–Kier alpha value is -4.11. The van der Waals surface area contributed by atoms with Crippen molar-refractivity contribution < 1.29 is 13.9 Å². The molecule has 0 unspecified atom stereocenters. The molecule has 5 N–H and O–H groups in total. The van der Waals surface area contributed by atoms with Crippen LogP contribution < -0.4 is 11.1 Å². The molecule has 1 saturated heterocycles. The molecule has 0 atom stereocenters.